The van der Waals surface area contributed by atoms with Crippen molar-refractivity contribution in [2.24, 2.45) is 5.73 Å². The normalized spacial score (nSPS) is 10.6. The number of carbonyl (C=O) groups is 1. The average Bonchev–Trinajstić information content (AvgIpc) is 2.84. The molecular formula is C13H15BrN4O2. The topological polar surface area (TPSA) is 83.0 Å². The molecule has 0 aliphatic rings. The van der Waals surface area contributed by atoms with Gasteiger partial charge in [0.05, 0.1) is 19.3 Å². The van der Waals surface area contributed by atoms with Crippen LogP contribution in [0.4, 0.5) is 0 Å². The summed E-state index contributed by atoms with van der Waals surface area (Å²) in [6.45, 7) is 0.949. The molecule has 0 fully saturated rings. The van der Waals surface area contributed by atoms with Crippen molar-refractivity contribution >= 4 is 21.9 Å². The van der Waals surface area contributed by atoms with Crippen LogP contribution in [-0.4, -0.2) is 34.6 Å². The standard InChI is InChI=1S/C13H15BrN4O2/c1-20-13(19)12-11(6-7-15)18(17-16-12)8-9-2-4-10(14)5-3-9/h2-5H,6-8,15H2,1H3. The zero-order valence-electron chi connectivity index (χ0n) is 11.0. The van der Waals surface area contributed by atoms with Gasteiger partial charge in [0.15, 0.2) is 5.69 Å². The Balaban J connectivity index is 2.29. The van der Waals surface area contributed by atoms with Gasteiger partial charge in [0, 0.05) is 10.9 Å². The monoisotopic (exact) mass is 338 g/mol. The summed E-state index contributed by atoms with van der Waals surface area (Å²) in [7, 11) is 1.32. The van der Waals surface area contributed by atoms with Gasteiger partial charge in [-0.1, -0.05) is 33.3 Å². The van der Waals surface area contributed by atoms with E-state index in [-0.39, 0.29) is 5.69 Å². The molecule has 20 heavy (non-hydrogen) atoms. The fourth-order valence-corrected chi connectivity index (χ4v) is 2.13. The number of nitrogens with two attached hydrogens (primary N) is 1. The van der Waals surface area contributed by atoms with E-state index in [4.69, 9.17) is 10.5 Å². The lowest BCUT2D eigenvalue weighted by molar-refractivity contribution is 0.0592. The molecule has 0 radical (unpaired) electrons. The SMILES string of the molecule is COC(=O)c1nnn(Cc2ccc(Br)cc2)c1CCN. The molecule has 0 aliphatic heterocycles. The van der Waals surface area contributed by atoms with E-state index in [2.05, 4.69) is 26.2 Å². The first-order valence-corrected chi connectivity index (χ1v) is 6.90. The smallest absolute Gasteiger partial charge is 0.360 e. The van der Waals surface area contributed by atoms with Crippen LogP contribution in [0.15, 0.2) is 28.7 Å². The number of benzene rings is 1. The highest BCUT2D eigenvalue weighted by molar-refractivity contribution is 9.10. The van der Waals surface area contributed by atoms with Gasteiger partial charge in [-0.3, -0.25) is 0 Å². The predicted molar refractivity (Wildman–Crippen MR) is 77.4 cm³/mol. The second kappa shape index (κ2) is 6.62. The van der Waals surface area contributed by atoms with Gasteiger partial charge in [-0.2, -0.15) is 0 Å². The maximum Gasteiger partial charge on any atom is 0.360 e. The highest BCUT2D eigenvalue weighted by Gasteiger charge is 2.19. The summed E-state index contributed by atoms with van der Waals surface area (Å²) in [5.41, 5.74) is 7.58. The van der Waals surface area contributed by atoms with Gasteiger partial charge in [0.2, 0.25) is 0 Å². The number of ether oxygens (including phenoxy) is 1. The second-order valence-corrected chi connectivity index (χ2v) is 5.11. The number of hydrogen-bond donors (Lipinski definition) is 1. The van der Waals surface area contributed by atoms with E-state index in [0.717, 1.165) is 10.0 Å². The summed E-state index contributed by atoms with van der Waals surface area (Å²) in [5.74, 6) is -0.490. The van der Waals surface area contributed by atoms with Crippen molar-refractivity contribution < 1.29 is 9.53 Å². The average molecular weight is 339 g/mol. The molecule has 1 aromatic carbocycles. The first-order chi connectivity index (χ1) is 9.65. The van der Waals surface area contributed by atoms with Crippen LogP contribution in [0.1, 0.15) is 21.7 Å². The van der Waals surface area contributed by atoms with E-state index in [1.54, 1.807) is 4.68 Å². The van der Waals surface area contributed by atoms with E-state index < -0.39 is 5.97 Å². The lowest BCUT2D eigenvalue weighted by atomic mass is 10.2. The van der Waals surface area contributed by atoms with Crippen molar-refractivity contribution in [3.63, 3.8) is 0 Å². The van der Waals surface area contributed by atoms with Gasteiger partial charge in [0.25, 0.3) is 0 Å². The third kappa shape index (κ3) is 3.23. The Labute approximate surface area is 125 Å². The molecule has 0 atom stereocenters. The number of aromatic nitrogens is 3. The Morgan fingerprint density at radius 1 is 1.40 bits per heavy atom. The zero-order valence-corrected chi connectivity index (χ0v) is 12.6. The van der Waals surface area contributed by atoms with Crippen LogP contribution < -0.4 is 5.73 Å². The third-order valence-corrected chi connectivity index (χ3v) is 3.37. The van der Waals surface area contributed by atoms with Crippen molar-refractivity contribution in [3.05, 3.63) is 45.7 Å². The summed E-state index contributed by atoms with van der Waals surface area (Å²) in [6.07, 6.45) is 0.522. The molecule has 2 aromatic rings. The Hall–Kier alpha value is -1.73. The molecule has 7 heteroatoms. The molecule has 106 valence electrons. The summed E-state index contributed by atoms with van der Waals surface area (Å²) in [6, 6.07) is 7.87. The zero-order chi connectivity index (χ0) is 14.5. The summed E-state index contributed by atoms with van der Waals surface area (Å²) >= 11 is 3.39. The molecular weight excluding hydrogens is 324 g/mol. The summed E-state index contributed by atoms with van der Waals surface area (Å²) < 4.78 is 7.39. The minimum atomic E-state index is -0.490. The van der Waals surface area contributed by atoms with Gasteiger partial charge >= 0.3 is 5.97 Å². The summed E-state index contributed by atoms with van der Waals surface area (Å²) in [5, 5.41) is 7.91. The second-order valence-electron chi connectivity index (χ2n) is 4.20. The molecule has 0 spiro atoms. The maximum atomic E-state index is 11.6. The minimum Gasteiger partial charge on any atom is -0.464 e. The Morgan fingerprint density at radius 3 is 2.70 bits per heavy atom. The lowest BCUT2D eigenvalue weighted by Gasteiger charge is -2.07. The van der Waals surface area contributed by atoms with Crippen molar-refractivity contribution in [3.8, 4) is 0 Å². The maximum absolute atomic E-state index is 11.6. The van der Waals surface area contributed by atoms with Crippen LogP contribution in [0.2, 0.25) is 0 Å². The van der Waals surface area contributed by atoms with E-state index in [1.807, 2.05) is 24.3 Å². The Bertz CT molecular complexity index is 595. The van der Waals surface area contributed by atoms with Crippen LogP contribution in [0.25, 0.3) is 0 Å². The molecule has 1 aromatic heterocycles. The van der Waals surface area contributed by atoms with Crippen LogP contribution >= 0.6 is 15.9 Å². The fraction of sp³-hybridized carbons (Fsp3) is 0.308. The van der Waals surface area contributed by atoms with E-state index >= 15 is 0 Å². The first-order valence-electron chi connectivity index (χ1n) is 6.11. The highest BCUT2D eigenvalue weighted by Crippen LogP contribution is 2.14. The molecule has 0 bridgehead atoms. The van der Waals surface area contributed by atoms with Gasteiger partial charge in [-0.15, -0.1) is 5.10 Å². The first kappa shape index (κ1) is 14.7. The minimum absolute atomic E-state index is 0.232. The van der Waals surface area contributed by atoms with E-state index in [9.17, 15) is 4.79 Å². The predicted octanol–water partition coefficient (Wildman–Crippen LogP) is 1.38. The van der Waals surface area contributed by atoms with Crippen LogP contribution in [0.3, 0.4) is 0 Å². The molecule has 1 heterocycles. The molecule has 0 saturated heterocycles. The lowest BCUT2D eigenvalue weighted by Crippen LogP contribution is -2.14. The molecule has 0 aliphatic carbocycles. The van der Waals surface area contributed by atoms with Gasteiger partial charge in [-0.25, -0.2) is 9.48 Å². The number of hydrogen-bond acceptors (Lipinski definition) is 5. The number of halogens is 1. The molecule has 6 nitrogen and oxygen atoms in total. The quantitative estimate of drug-likeness (QED) is 0.832. The highest BCUT2D eigenvalue weighted by atomic mass is 79.9. The number of methoxy groups -OCH3 is 1. The Morgan fingerprint density at radius 2 is 2.10 bits per heavy atom. The van der Waals surface area contributed by atoms with Crippen LogP contribution in [0.5, 0.6) is 0 Å². The van der Waals surface area contributed by atoms with Gasteiger partial charge in [0.1, 0.15) is 0 Å². The molecule has 0 unspecified atom stereocenters. The van der Waals surface area contributed by atoms with E-state index in [0.29, 0.717) is 25.2 Å². The summed E-state index contributed by atoms with van der Waals surface area (Å²) in [4.78, 5) is 11.6. The van der Waals surface area contributed by atoms with Crippen LogP contribution in [0, 0.1) is 0 Å². The van der Waals surface area contributed by atoms with Crippen molar-refractivity contribution in [2.75, 3.05) is 13.7 Å². The Kier molecular flexibility index (Phi) is 4.86. The van der Waals surface area contributed by atoms with Gasteiger partial charge in [-0.05, 0) is 24.2 Å². The molecule has 2 rings (SSSR count). The number of nitrogens with zero attached hydrogens (tertiary/aromatic N) is 3. The number of carbonyl (C=O) groups excluding carboxylic acids is 1. The van der Waals surface area contributed by atoms with Crippen molar-refractivity contribution in [1.82, 2.24) is 15.0 Å². The van der Waals surface area contributed by atoms with Crippen molar-refractivity contribution in [1.29, 1.82) is 0 Å². The van der Waals surface area contributed by atoms with Crippen LogP contribution in [-0.2, 0) is 17.7 Å². The molecule has 2 N–H and O–H groups in total. The number of rotatable bonds is 5. The fourth-order valence-electron chi connectivity index (χ4n) is 1.86. The van der Waals surface area contributed by atoms with E-state index in [1.165, 1.54) is 7.11 Å². The number of esters is 1. The third-order valence-electron chi connectivity index (χ3n) is 2.84. The largest absolute Gasteiger partial charge is 0.464 e. The molecule has 0 saturated carbocycles. The van der Waals surface area contributed by atoms with Gasteiger partial charge < -0.3 is 10.5 Å². The molecule has 0 amide bonds. The van der Waals surface area contributed by atoms with Crippen molar-refractivity contribution in [2.45, 2.75) is 13.0 Å².